The van der Waals surface area contributed by atoms with Gasteiger partial charge in [-0.25, -0.2) is 9.48 Å². The smallest absolute Gasteiger partial charge is 0.363 e. The molecule has 1 N–H and O–H groups in total. The van der Waals surface area contributed by atoms with Gasteiger partial charge in [0.1, 0.15) is 0 Å². The van der Waals surface area contributed by atoms with E-state index in [1.165, 1.54) is 10.7 Å². The molecule has 0 spiro atoms. The lowest BCUT2D eigenvalue weighted by molar-refractivity contribution is -0.119. The van der Waals surface area contributed by atoms with Gasteiger partial charge in [0.05, 0.1) is 5.69 Å². The molecule has 0 aliphatic heterocycles. The average molecular weight is 439 g/mol. The third-order valence-electron chi connectivity index (χ3n) is 4.92. The van der Waals surface area contributed by atoms with Gasteiger partial charge in [-0.15, -0.1) is 0 Å². The van der Waals surface area contributed by atoms with E-state index in [0.29, 0.717) is 17.1 Å². The summed E-state index contributed by atoms with van der Waals surface area (Å²) in [5.41, 5.74) is 2.67. The summed E-state index contributed by atoms with van der Waals surface area (Å²) in [7, 11) is 0. The zero-order chi connectivity index (χ0) is 23.2. The van der Waals surface area contributed by atoms with Crippen molar-refractivity contribution in [2.45, 2.75) is 6.92 Å². The topological polar surface area (TPSA) is 90.3 Å². The van der Waals surface area contributed by atoms with Gasteiger partial charge in [-0.3, -0.25) is 9.59 Å². The maximum absolute atomic E-state index is 12.5. The molecule has 0 bridgehead atoms. The lowest BCUT2D eigenvalue weighted by Crippen LogP contribution is -2.27. The molecule has 3 aromatic carbocycles. The fraction of sp³-hybridized carbons (Fsp3) is 0.0769. The molecule has 1 heterocycles. The van der Waals surface area contributed by atoms with Crippen LogP contribution in [0.1, 0.15) is 16.2 Å². The van der Waals surface area contributed by atoms with Crippen LogP contribution in [0.3, 0.4) is 0 Å². The number of rotatable bonds is 6. The second kappa shape index (κ2) is 9.74. The molecule has 0 radical (unpaired) electrons. The molecule has 7 nitrogen and oxygen atoms in total. The van der Waals surface area contributed by atoms with Gasteiger partial charge in [0, 0.05) is 23.0 Å². The first kappa shape index (κ1) is 21.7. The predicted molar refractivity (Wildman–Crippen MR) is 125 cm³/mol. The largest absolute Gasteiger partial charge is 0.451 e. The van der Waals surface area contributed by atoms with E-state index < -0.39 is 23.9 Å². The number of amides is 1. The van der Waals surface area contributed by atoms with Gasteiger partial charge in [0.15, 0.2) is 6.61 Å². The van der Waals surface area contributed by atoms with Crippen molar-refractivity contribution in [2.75, 3.05) is 11.9 Å². The van der Waals surface area contributed by atoms with Crippen LogP contribution in [-0.2, 0) is 9.53 Å². The van der Waals surface area contributed by atoms with Gasteiger partial charge in [0.2, 0.25) is 11.1 Å². The van der Waals surface area contributed by atoms with Crippen LogP contribution in [0.2, 0.25) is 0 Å². The Morgan fingerprint density at radius 3 is 2.27 bits per heavy atom. The third kappa shape index (κ3) is 5.04. The minimum absolute atomic E-state index is 0.387. The number of anilines is 1. The highest BCUT2D eigenvalue weighted by Crippen LogP contribution is 2.27. The van der Waals surface area contributed by atoms with E-state index in [9.17, 15) is 14.4 Å². The van der Waals surface area contributed by atoms with E-state index >= 15 is 0 Å². The van der Waals surface area contributed by atoms with Gasteiger partial charge < -0.3 is 10.1 Å². The summed E-state index contributed by atoms with van der Waals surface area (Å²) in [6, 6.07) is 27.4. The van der Waals surface area contributed by atoms with Gasteiger partial charge in [-0.1, -0.05) is 66.7 Å². The maximum Gasteiger partial charge on any atom is 0.363 e. The molecule has 1 amide bonds. The van der Waals surface area contributed by atoms with Crippen LogP contribution >= 0.6 is 0 Å². The third-order valence-corrected chi connectivity index (χ3v) is 4.92. The van der Waals surface area contributed by atoms with Crippen LogP contribution in [0.4, 0.5) is 5.69 Å². The molecule has 0 saturated heterocycles. The number of aryl methyl sites for hydroxylation is 1. The summed E-state index contributed by atoms with van der Waals surface area (Å²) in [6.07, 6.45) is 0. The van der Waals surface area contributed by atoms with E-state index in [4.69, 9.17) is 4.74 Å². The zero-order valence-electron chi connectivity index (χ0n) is 17.9. The van der Waals surface area contributed by atoms with Crippen molar-refractivity contribution in [2.24, 2.45) is 0 Å². The minimum atomic E-state index is -0.962. The summed E-state index contributed by atoms with van der Waals surface area (Å²) in [5.74, 6) is -1.49. The summed E-state index contributed by atoms with van der Waals surface area (Å²) >= 11 is 0. The molecule has 0 fully saturated rings. The van der Waals surface area contributed by atoms with Crippen molar-refractivity contribution in [1.82, 2.24) is 9.78 Å². The van der Waals surface area contributed by atoms with Crippen molar-refractivity contribution in [1.29, 1.82) is 0 Å². The molecule has 4 rings (SSSR count). The van der Waals surface area contributed by atoms with Crippen molar-refractivity contribution >= 4 is 17.6 Å². The number of carbonyl (C=O) groups excluding carboxylic acids is 2. The summed E-state index contributed by atoms with van der Waals surface area (Å²) in [5, 5.41) is 6.91. The Kier molecular flexibility index (Phi) is 6.40. The Morgan fingerprint density at radius 2 is 1.55 bits per heavy atom. The summed E-state index contributed by atoms with van der Waals surface area (Å²) < 4.78 is 6.57. The second-order valence-electron chi connectivity index (χ2n) is 7.28. The predicted octanol–water partition coefficient (Wildman–Crippen LogP) is 4.00. The fourth-order valence-corrected chi connectivity index (χ4v) is 3.37. The highest BCUT2D eigenvalue weighted by molar-refractivity contribution is 5.97. The van der Waals surface area contributed by atoms with E-state index in [1.54, 1.807) is 31.2 Å². The van der Waals surface area contributed by atoms with Gasteiger partial charge in [0.25, 0.3) is 5.91 Å². The van der Waals surface area contributed by atoms with E-state index in [-0.39, 0.29) is 5.69 Å². The average Bonchev–Trinajstić information content (AvgIpc) is 2.84. The van der Waals surface area contributed by atoms with E-state index in [1.807, 2.05) is 60.7 Å². The van der Waals surface area contributed by atoms with Crippen LogP contribution in [-0.4, -0.2) is 28.3 Å². The molecule has 1 aromatic heterocycles. The molecule has 0 saturated carbocycles. The quantitative estimate of drug-likeness (QED) is 0.459. The van der Waals surface area contributed by atoms with Crippen molar-refractivity contribution < 1.29 is 14.3 Å². The van der Waals surface area contributed by atoms with E-state index in [2.05, 4.69) is 10.4 Å². The first-order valence-corrected chi connectivity index (χ1v) is 10.3. The van der Waals surface area contributed by atoms with Gasteiger partial charge in [-0.05, 0) is 30.7 Å². The molecular weight excluding hydrogens is 418 g/mol. The number of benzene rings is 3. The molecule has 0 aliphatic rings. The Morgan fingerprint density at radius 1 is 0.909 bits per heavy atom. The van der Waals surface area contributed by atoms with Crippen molar-refractivity contribution in [3.63, 3.8) is 0 Å². The van der Waals surface area contributed by atoms with Crippen LogP contribution in [0, 0.1) is 6.92 Å². The highest BCUT2D eigenvalue weighted by Gasteiger charge is 2.18. The molecular formula is C26H21N3O4. The number of nitrogens with zero attached hydrogens (tertiary/aromatic N) is 2. The van der Waals surface area contributed by atoms with Crippen molar-refractivity contribution in [3.05, 3.63) is 113 Å². The van der Waals surface area contributed by atoms with Crippen LogP contribution < -0.4 is 10.7 Å². The molecule has 164 valence electrons. The number of aromatic nitrogens is 2. The Hall–Kier alpha value is -4.52. The number of ether oxygens (including phenoxy) is 1. The standard InChI is InChI=1S/C26H21N3O4/c1-18-16-23(30)25(28-29(18)20-12-6-3-7-13-20)26(32)33-17-24(31)27-22-15-9-8-14-21(22)19-10-4-2-5-11-19/h2-16H,17H2,1H3,(H,27,31). The van der Waals surface area contributed by atoms with Crippen molar-refractivity contribution in [3.8, 4) is 16.8 Å². The van der Waals surface area contributed by atoms with Crippen LogP contribution in [0.25, 0.3) is 16.8 Å². The maximum atomic E-state index is 12.5. The molecule has 33 heavy (non-hydrogen) atoms. The molecule has 0 atom stereocenters. The number of hydrogen-bond donors (Lipinski definition) is 1. The molecule has 0 unspecified atom stereocenters. The molecule has 7 heteroatoms. The number of carbonyl (C=O) groups is 2. The Balaban J connectivity index is 1.47. The van der Waals surface area contributed by atoms with Gasteiger partial charge in [-0.2, -0.15) is 5.10 Å². The zero-order valence-corrected chi connectivity index (χ0v) is 17.9. The monoisotopic (exact) mass is 439 g/mol. The SMILES string of the molecule is Cc1cc(=O)c(C(=O)OCC(=O)Nc2ccccc2-c2ccccc2)nn1-c1ccccc1. The lowest BCUT2D eigenvalue weighted by Gasteiger charge is -2.12. The normalized spacial score (nSPS) is 10.5. The Bertz CT molecular complexity index is 1350. The summed E-state index contributed by atoms with van der Waals surface area (Å²) in [6.45, 7) is 1.16. The second-order valence-corrected chi connectivity index (χ2v) is 7.28. The fourth-order valence-electron chi connectivity index (χ4n) is 3.37. The molecule has 0 aliphatic carbocycles. The number of para-hydroxylation sites is 2. The number of nitrogens with one attached hydrogen (secondary N) is 1. The molecule has 4 aromatic rings. The van der Waals surface area contributed by atoms with Crippen LogP contribution in [0.15, 0.2) is 95.8 Å². The van der Waals surface area contributed by atoms with E-state index in [0.717, 1.165) is 11.1 Å². The first-order valence-electron chi connectivity index (χ1n) is 10.3. The first-order chi connectivity index (χ1) is 16.0. The Labute approximate surface area is 190 Å². The minimum Gasteiger partial charge on any atom is -0.451 e. The number of hydrogen-bond acceptors (Lipinski definition) is 5. The summed E-state index contributed by atoms with van der Waals surface area (Å²) in [4.78, 5) is 37.3. The van der Waals surface area contributed by atoms with Crippen LogP contribution in [0.5, 0.6) is 0 Å². The van der Waals surface area contributed by atoms with Gasteiger partial charge >= 0.3 is 5.97 Å². The highest BCUT2D eigenvalue weighted by atomic mass is 16.5. The number of esters is 1. The lowest BCUT2D eigenvalue weighted by atomic mass is 10.0.